The van der Waals surface area contributed by atoms with Gasteiger partial charge in [0.25, 0.3) is 5.91 Å². The van der Waals surface area contributed by atoms with Crippen molar-refractivity contribution >= 4 is 57.9 Å². The number of nitrogens with one attached hydrogen (secondary N) is 2. The number of benzene rings is 3. The number of carbonyl (C=O) groups excluding carboxylic acids is 2. The molecule has 2 heterocycles. The zero-order chi connectivity index (χ0) is 27.4. The molecule has 0 aromatic heterocycles. The number of hydrogen-bond donors (Lipinski definition) is 2. The number of urea groups is 1. The summed E-state index contributed by atoms with van der Waals surface area (Å²) in [6.07, 6.45) is 2.01. The average molecular weight is 569 g/mol. The van der Waals surface area contributed by atoms with Gasteiger partial charge in [-0.15, -0.1) is 0 Å². The van der Waals surface area contributed by atoms with Gasteiger partial charge in [0.2, 0.25) is 0 Å². The van der Waals surface area contributed by atoms with Crippen molar-refractivity contribution in [3.8, 4) is 5.75 Å². The molecule has 204 valence electrons. The Hall–Kier alpha value is -3.62. The van der Waals surface area contributed by atoms with Crippen LogP contribution in [0.4, 0.5) is 27.5 Å². The molecule has 5 rings (SSSR count). The SMILES string of the molecule is COc1ccccc1N1CCN(c2ccc(NC(=O)Nc3ccc(Cl)c(Cl)c3)cc2C(=O)N2CCCC2)CC1. The van der Waals surface area contributed by atoms with E-state index in [1.54, 1.807) is 31.4 Å². The number of carbonyl (C=O) groups is 2. The van der Waals surface area contributed by atoms with Gasteiger partial charge in [-0.1, -0.05) is 35.3 Å². The van der Waals surface area contributed by atoms with E-state index in [2.05, 4.69) is 26.5 Å². The van der Waals surface area contributed by atoms with Crippen molar-refractivity contribution in [2.24, 2.45) is 0 Å². The van der Waals surface area contributed by atoms with Crippen LogP contribution in [-0.4, -0.2) is 63.2 Å². The molecule has 39 heavy (non-hydrogen) atoms. The number of nitrogens with zero attached hydrogens (tertiary/aromatic N) is 3. The highest BCUT2D eigenvalue weighted by Crippen LogP contribution is 2.32. The summed E-state index contributed by atoms with van der Waals surface area (Å²) in [5.74, 6) is 0.841. The van der Waals surface area contributed by atoms with Crippen molar-refractivity contribution in [3.63, 3.8) is 0 Å². The lowest BCUT2D eigenvalue weighted by molar-refractivity contribution is 0.0793. The van der Waals surface area contributed by atoms with E-state index in [9.17, 15) is 9.59 Å². The highest BCUT2D eigenvalue weighted by molar-refractivity contribution is 6.42. The molecule has 0 saturated carbocycles. The number of piperazine rings is 1. The number of anilines is 4. The van der Waals surface area contributed by atoms with Gasteiger partial charge in [-0.2, -0.15) is 0 Å². The Morgan fingerprint density at radius 1 is 0.744 bits per heavy atom. The van der Waals surface area contributed by atoms with Crippen molar-refractivity contribution in [3.05, 3.63) is 76.3 Å². The van der Waals surface area contributed by atoms with Gasteiger partial charge in [-0.05, 0) is 61.4 Å². The van der Waals surface area contributed by atoms with Crippen LogP contribution >= 0.6 is 23.2 Å². The second-order valence-corrected chi connectivity index (χ2v) is 10.4. The molecule has 0 radical (unpaired) electrons. The van der Waals surface area contributed by atoms with Gasteiger partial charge in [0.1, 0.15) is 5.75 Å². The molecule has 10 heteroatoms. The number of halogens is 2. The van der Waals surface area contributed by atoms with Gasteiger partial charge < -0.3 is 30.1 Å². The van der Waals surface area contributed by atoms with Gasteiger partial charge in [-0.3, -0.25) is 4.79 Å². The van der Waals surface area contributed by atoms with E-state index in [4.69, 9.17) is 27.9 Å². The summed E-state index contributed by atoms with van der Waals surface area (Å²) in [4.78, 5) is 32.7. The Morgan fingerprint density at radius 3 is 2.03 bits per heavy atom. The summed E-state index contributed by atoms with van der Waals surface area (Å²) in [6.45, 7) is 4.59. The van der Waals surface area contributed by atoms with E-state index in [0.717, 1.165) is 69.2 Å². The predicted octanol–water partition coefficient (Wildman–Crippen LogP) is 6.21. The van der Waals surface area contributed by atoms with E-state index < -0.39 is 6.03 Å². The number of methoxy groups -OCH3 is 1. The van der Waals surface area contributed by atoms with E-state index in [-0.39, 0.29) is 5.91 Å². The Balaban J connectivity index is 1.34. The Morgan fingerprint density at radius 2 is 1.36 bits per heavy atom. The molecule has 2 aliphatic rings. The van der Waals surface area contributed by atoms with Crippen molar-refractivity contribution in [2.45, 2.75) is 12.8 Å². The van der Waals surface area contributed by atoms with Crippen LogP contribution in [0.1, 0.15) is 23.2 Å². The number of ether oxygens (including phenoxy) is 1. The summed E-state index contributed by atoms with van der Waals surface area (Å²) in [5, 5.41) is 6.36. The Kier molecular flexibility index (Phi) is 8.33. The number of para-hydroxylation sites is 2. The summed E-state index contributed by atoms with van der Waals surface area (Å²) in [7, 11) is 1.69. The molecule has 0 spiro atoms. The summed E-state index contributed by atoms with van der Waals surface area (Å²) < 4.78 is 5.55. The highest BCUT2D eigenvalue weighted by Gasteiger charge is 2.27. The third-order valence-corrected chi connectivity index (χ3v) is 7.84. The normalized spacial score (nSPS) is 15.3. The lowest BCUT2D eigenvalue weighted by Gasteiger charge is -2.38. The third-order valence-electron chi connectivity index (χ3n) is 7.10. The van der Waals surface area contributed by atoms with Crippen LogP contribution in [0.15, 0.2) is 60.7 Å². The molecule has 0 bridgehead atoms. The molecule has 2 N–H and O–H groups in total. The van der Waals surface area contributed by atoms with Gasteiger partial charge in [-0.25, -0.2) is 4.79 Å². The maximum atomic E-state index is 13.6. The fraction of sp³-hybridized carbons (Fsp3) is 0.310. The number of hydrogen-bond acceptors (Lipinski definition) is 5. The topological polar surface area (TPSA) is 77.1 Å². The second kappa shape index (κ2) is 12.1. The number of amides is 3. The zero-order valence-electron chi connectivity index (χ0n) is 21.8. The molecule has 8 nitrogen and oxygen atoms in total. The molecule has 2 aliphatic heterocycles. The fourth-order valence-electron chi connectivity index (χ4n) is 5.10. The minimum Gasteiger partial charge on any atom is -0.495 e. The van der Waals surface area contributed by atoms with Crippen LogP contribution in [0.5, 0.6) is 5.75 Å². The maximum absolute atomic E-state index is 13.6. The first-order valence-corrected chi connectivity index (χ1v) is 13.8. The van der Waals surface area contributed by atoms with Crippen LogP contribution in [0.3, 0.4) is 0 Å². The van der Waals surface area contributed by atoms with Crippen molar-refractivity contribution < 1.29 is 14.3 Å². The molecule has 0 aliphatic carbocycles. The van der Waals surface area contributed by atoms with Crippen LogP contribution in [0.25, 0.3) is 0 Å². The summed E-state index contributed by atoms with van der Waals surface area (Å²) in [6, 6.07) is 18.0. The molecule has 2 fully saturated rings. The van der Waals surface area contributed by atoms with Gasteiger partial charge >= 0.3 is 6.03 Å². The molecule has 0 atom stereocenters. The first kappa shape index (κ1) is 27.0. The van der Waals surface area contributed by atoms with E-state index >= 15 is 0 Å². The zero-order valence-corrected chi connectivity index (χ0v) is 23.3. The van der Waals surface area contributed by atoms with Crippen LogP contribution in [-0.2, 0) is 0 Å². The molecule has 0 unspecified atom stereocenters. The molecule has 2 saturated heterocycles. The Labute approximate surface area is 238 Å². The van der Waals surface area contributed by atoms with Gasteiger partial charge in [0, 0.05) is 56.3 Å². The number of rotatable bonds is 6. The smallest absolute Gasteiger partial charge is 0.323 e. The van der Waals surface area contributed by atoms with E-state index in [1.807, 2.05) is 35.2 Å². The first-order chi connectivity index (χ1) is 18.9. The standard InChI is InChI=1S/C29H31Cl2N5O3/c1-39-27-7-3-2-6-26(27)35-16-14-34(15-17-35)25-11-9-20(18-22(25)28(37)36-12-4-5-13-36)32-29(38)33-21-8-10-23(30)24(31)19-21/h2-3,6-11,18-19H,4-5,12-17H2,1H3,(H2,32,33,38). The predicted molar refractivity (Wildman–Crippen MR) is 158 cm³/mol. The average Bonchev–Trinajstić information content (AvgIpc) is 3.50. The third kappa shape index (κ3) is 6.18. The first-order valence-electron chi connectivity index (χ1n) is 13.0. The van der Waals surface area contributed by atoms with Gasteiger partial charge in [0.15, 0.2) is 0 Å². The summed E-state index contributed by atoms with van der Waals surface area (Å²) in [5.41, 5.74) is 3.59. The lowest BCUT2D eigenvalue weighted by Crippen LogP contribution is -2.47. The van der Waals surface area contributed by atoms with Crippen molar-refractivity contribution in [1.29, 1.82) is 0 Å². The quantitative estimate of drug-likeness (QED) is 0.370. The number of likely N-dealkylation sites (tertiary alicyclic amines) is 1. The molecule has 3 aromatic rings. The Bertz CT molecular complexity index is 1350. The van der Waals surface area contributed by atoms with E-state index in [0.29, 0.717) is 27.0 Å². The molecule has 3 amide bonds. The van der Waals surface area contributed by atoms with Crippen molar-refractivity contribution in [2.75, 3.05) is 66.8 Å². The largest absolute Gasteiger partial charge is 0.495 e. The molecular weight excluding hydrogens is 537 g/mol. The minimum absolute atomic E-state index is 0.0109. The van der Waals surface area contributed by atoms with E-state index in [1.165, 1.54) is 0 Å². The van der Waals surface area contributed by atoms with Crippen LogP contribution in [0.2, 0.25) is 10.0 Å². The van der Waals surface area contributed by atoms with Gasteiger partial charge in [0.05, 0.1) is 28.4 Å². The fourth-order valence-corrected chi connectivity index (χ4v) is 5.40. The maximum Gasteiger partial charge on any atom is 0.323 e. The molecule has 3 aromatic carbocycles. The highest BCUT2D eigenvalue weighted by atomic mass is 35.5. The van der Waals surface area contributed by atoms with Crippen LogP contribution in [0, 0.1) is 0 Å². The second-order valence-electron chi connectivity index (χ2n) is 9.59. The lowest BCUT2D eigenvalue weighted by atomic mass is 10.1. The molecular formula is C29H31Cl2N5O3. The van der Waals surface area contributed by atoms with Crippen molar-refractivity contribution in [1.82, 2.24) is 4.90 Å². The monoisotopic (exact) mass is 567 g/mol. The van der Waals surface area contributed by atoms with Crippen LogP contribution < -0.4 is 25.2 Å². The summed E-state index contributed by atoms with van der Waals surface area (Å²) >= 11 is 12.0. The minimum atomic E-state index is -0.439.